The van der Waals surface area contributed by atoms with Crippen LogP contribution in [0.25, 0.3) is 0 Å². The van der Waals surface area contributed by atoms with Crippen LogP contribution in [0, 0.1) is 0 Å². The van der Waals surface area contributed by atoms with Crippen molar-refractivity contribution >= 4 is 5.91 Å². The first-order chi connectivity index (χ1) is 12.3. The van der Waals surface area contributed by atoms with E-state index in [1.807, 2.05) is 53.3 Å². The second-order valence-corrected chi connectivity index (χ2v) is 5.70. The molecule has 2 heterocycles. The molecule has 25 heavy (non-hydrogen) atoms. The van der Waals surface area contributed by atoms with Gasteiger partial charge in [-0.05, 0) is 35.9 Å². The van der Waals surface area contributed by atoms with Crippen molar-refractivity contribution in [3.8, 4) is 0 Å². The normalized spacial score (nSPS) is 10.8. The van der Waals surface area contributed by atoms with Gasteiger partial charge >= 0.3 is 0 Å². The molecule has 6 heteroatoms. The second-order valence-electron chi connectivity index (χ2n) is 5.70. The lowest BCUT2D eigenvalue weighted by molar-refractivity contribution is 0.0666. The molecule has 3 rings (SSSR count). The lowest BCUT2D eigenvalue weighted by Gasteiger charge is -2.21. The maximum atomic E-state index is 12.8. The van der Waals surface area contributed by atoms with E-state index in [-0.39, 0.29) is 5.91 Å². The number of hydrogen-bond donors (Lipinski definition) is 0. The van der Waals surface area contributed by atoms with Gasteiger partial charge in [-0.3, -0.25) is 9.48 Å². The van der Waals surface area contributed by atoms with Gasteiger partial charge in [0.05, 0.1) is 26.0 Å². The van der Waals surface area contributed by atoms with Crippen molar-refractivity contribution in [3.63, 3.8) is 0 Å². The zero-order valence-corrected chi connectivity index (χ0v) is 14.2. The largest absolute Gasteiger partial charge is 0.467 e. The molecule has 0 atom stereocenters. The number of aromatic nitrogens is 2. The molecule has 0 saturated carbocycles. The Morgan fingerprint density at radius 2 is 2.08 bits per heavy atom. The molecule has 1 amide bonds. The Balaban J connectivity index is 1.69. The summed E-state index contributed by atoms with van der Waals surface area (Å²) < 4.78 is 12.3. The highest BCUT2D eigenvalue weighted by molar-refractivity contribution is 5.94. The zero-order chi connectivity index (χ0) is 17.5. The van der Waals surface area contributed by atoms with Gasteiger partial charge in [-0.1, -0.05) is 12.1 Å². The Labute approximate surface area is 146 Å². The van der Waals surface area contributed by atoms with E-state index in [1.165, 1.54) is 0 Å². The van der Waals surface area contributed by atoms with E-state index in [0.717, 1.165) is 11.3 Å². The average molecular weight is 339 g/mol. The van der Waals surface area contributed by atoms with Crippen molar-refractivity contribution in [2.75, 3.05) is 20.3 Å². The third-order valence-electron chi connectivity index (χ3n) is 3.88. The minimum atomic E-state index is -0.0425. The minimum Gasteiger partial charge on any atom is -0.467 e. The SMILES string of the molecule is COCCN(Cc1ccco1)C(=O)c1ccc(Cn2cccn2)cc1. The molecule has 2 aromatic heterocycles. The fourth-order valence-electron chi connectivity index (χ4n) is 2.56. The monoisotopic (exact) mass is 339 g/mol. The van der Waals surface area contributed by atoms with E-state index >= 15 is 0 Å². The minimum absolute atomic E-state index is 0.0425. The predicted molar refractivity (Wildman–Crippen MR) is 93.1 cm³/mol. The van der Waals surface area contributed by atoms with Crippen LogP contribution in [0.3, 0.4) is 0 Å². The third kappa shape index (κ3) is 4.58. The number of nitrogens with zero attached hydrogens (tertiary/aromatic N) is 3. The van der Waals surface area contributed by atoms with Crippen LogP contribution < -0.4 is 0 Å². The lowest BCUT2D eigenvalue weighted by atomic mass is 10.1. The van der Waals surface area contributed by atoms with Crippen LogP contribution in [-0.4, -0.2) is 40.8 Å². The van der Waals surface area contributed by atoms with Crippen LogP contribution in [0.2, 0.25) is 0 Å². The van der Waals surface area contributed by atoms with Crippen molar-refractivity contribution < 1.29 is 13.9 Å². The average Bonchev–Trinajstić information content (AvgIpc) is 3.32. The van der Waals surface area contributed by atoms with E-state index in [4.69, 9.17) is 9.15 Å². The summed E-state index contributed by atoms with van der Waals surface area (Å²) in [7, 11) is 1.62. The van der Waals surface area contributed by atoms with Crippen LogP contribution in [0.1, 0.15) is 21.7 Å². The number of rotatable bonds is 8. The van der Waals surface area contributed by atoms with Crippen molar-refractivity contribution in [2.45, 2.75) is 13.1 Å². The molecule has 0 saturated heterocycles. The molecule has 0 bridgehead atoms. The summed E-state index contributed by atoms with van der Waals surface area (Å²) in [5.41, 5.74) is 1.74. The fraction of sp³-hybridized carbons (Fsp3) is 0.263. The van der Waals surface area contributed by atoms with E-state index in [9.17, 15) is 4.79 Å². The summed E-state index contributed by atoms with van der Waals surface area (Å²) in [6.45, 7) is 2.08. The number of methoxy groups -OCH3 is 1. The van der Waals surface area contributed by atoms with Gasteiger partial charge in [0.2, 0.25) is 0 Å². The molecule has 130 valence electrons. The van der Waals surface area contributed by atoms with Gasteiger partial charge < -0.3 is 14.1 Å². The van der Waals surface area contributed by atoms with Crippen LogP contribution in [0.15, 0.2) is 65.5 Å². The molecule has 0 radical (unpaired) electrons. The molecular formula is C19H21N3O3. The lowest BCUT2D eigenvalue weighted by Crippen LogP contribution is -2.33. The van der Waals surface area contributed by atoms with Gasteiger partial charge in [-0.2, -0.15) is 5.10 Å². The number of amides is 1. The zero-order valence-electron chi connectivity index (χ0n) is 14.2. The first kappa shape index (κ1) is 17.0. The number of furan rings is 1. The van der Waals surface area contributed by atoms with E-state index < -0.39 is 0 Å². The second kappa shape index (κ2) is 8.30. The van der Waals surface area contributed by atoms with Crippen LogP contribution in [0.5, 0.6) is 0 Å². The molecule has 0 aliphatic carbocycles. The van der Waals surface area contributed by atoms with Crippen LogP contribution in [0.4, 0.5) is 0 Å². The maximum absolute atomic E-state index is 12.8. The Hall–Kier alpha value is -2.86. The molecule has 0 N–H and O–H groups in total. The first-order valence-electron chi connectivity index (χ1n) is 8.13. The van der Waals surface area contributed by atoms with Crippen molar-refractivity contribution in [1.82, 2.24) is 14.7 Å². The summed E-state index contributed by atoms with van der Waals surface area (Å²) in [6, 6.07) is 13.2. The molecule has 0 aliphatic rings. The van der Waals surface area contributed by atoms with Crippen molar-refractivity contribution in [2.24, 2.45) is 0 Å². The number of ether oxygens (including phenoxy) is 1. The number of carbonyl (C=O) groups is 1. The summed E-state index contributed by atoms with van der Waals surface area (Å²) >= 11 is 0. The molecule has 0 fully saturated rings. The fourth-order valence-corrected chi connectivity index (χ4v) is 2.56. The van der Waals surface area contributed by atoms with Crippen molar-refractivity contribution in [1.29, 1.82) is 0 Å². The topological polar surface area (TPSA) is 60.5 Å². The first-order valence-corrected chi connectivity index (χ1v) is 8.13. The molecule has 6 nitrogen and oxygen atoms in total. The Kier molecular flexibility index (Phi) is 5.64. The molecular weight excluding hydrogens is 318 g/mol. The number of hydrogen-bond acceptors (Lipinski definition) is 4. The predicted octanol–water partition coefficient (Wildman–Crippen LogP) is 2.81. The summed E-state index contributed by atoms with van der Waals surface area (Å²) in [5.74, 6) is 0.707. The van der Waals surface area contributed by atoms with Gasteiger partial charge in [0.25, 0.3) is 5.91 Å². The van der Waals surface area contributed by atoms with Gasteiger partial charge in [0.1, 0.15) is 5.76 Å². The molecule has 1 aromatic carbocycles. The van der Waals surface area contributed by atoms with Crippen molar-refractivity contribution in [3.05, 3.63) is 78.0 Å². The summed E-state index contributed by atoms with van der Waals surface area (Å²) in [4.78, 5) is 14.5. The highest BCUT2D eigenvalue weighted by atomic mass is 16.5. The van der Waals surface area contributed by atoms with Crippen LogP contribution in [-0.2, 0) is 17.8 Å². The third-order valence-corrected chi connectivity index (χ3v) is 3.88. The smallest absolute Gasteiger partial charge is 0.254 e. The van der Waals surface area contributed by atoms with Gasteiger partial charge in [-0.25, -0.2) is 0 Å². The summed E-state index contributed by atoms with van der Waals surface area (Å²) in [5, 5.41) is 4.19. The quantitative estimate of drug-likeness (QED) is 0.633. The van der Waals surface area contributed by atoms with Gasteiger partial charge in [0.15, 0.2) is 0 Å². The molecule has 0 spiro atoms. The summed E-state index contributed by atoms with van der Waals surface area (Å²) in [6.07, 6.45) is 5.27. The number of benzene rings is 1. The highest BCUT2D eigenvalue weighted by Crippen LogP contribution is 2.12. The van der Waals surface area contributed by atoms with Gasteiger partial charge in [-0.15, -0.1) is 0 Å². The Bertz CT molecular complexity index is 765. The molecule has 0 aliphatic heterocycles. The number of carbonyl (C=O) groups excluding carboxylic acids is 1. The van der Waals surface area contributed by atoms with Crippen LogP contribution >= 0.6 is 0 Å². The van der Waals surface area contributed by atoms with E-state index in [0.29, 0.717) is 31.8 Å². The molecule has 0 unspecified atom stereocenters. The Morgan fingerprint density at radius 1 is 1.24 bits per heavy atom. The highest BCUT2D eigenvalue weighted by Gasteiger charge is 2.17. The Morgan fingerprint density at radius 3 is 2.72 bits per heavy atom. The standard InChI is InChI=1S/C19H21N3O3/c1-24-13-11-21(15-18-4-2-12-25-18)19(23)17-7-5-16(6-8-17)14-22-10-3-9-20-22/h2-10,12H,11,13-15H2,1H3. The van der Waals surface area contributed by atoms with E-state index in [1.54, 1.807) is 24.5 Å². The molecule has 3 aromatic rings. The maximum Gasteiger partial charge on any atom is 0.254 e. The van der Waals surface area contributed by atoms with E-state index in [2.05, 4.69) is 5.10 Å². The van der Waals surface area contributed by atoms with Gasteiger partial charge in [0, 0.05) is 31.6 Å².